The predicted molar refractivity (Wildman–Crippen MR) is 129 cm³/mol. The Hall–Kier alpha value is -2.22. The monoisotopic (exact) mass is 586 g/mol. The molecule has 0 radical (unpaired) electrons. The summed E-state index contributed by atoms with van der Waals surface area (Å²) in [5.74, 6) is 0.840. The first-order valence-electron chi connectivity index (χ1n) is 12.9. The number of aryl methyl sites for hydroxylation is 1. The number of alkyl halides is 6. The summed E-state index contributed by atoms with van der Waals surface area (Å²) in [6, 6.07) is 5.82. The number of sulfone groups is 1. The minimum atomic E-state index is -5.76. The average Bonchev–Trinajstić information content (AvgIpc) is 3.20. The van der Waals surface area contributed by atoms with Gasteiger partial charge in [-0.05, 0) is 63.6 Å². The molecule has 0 atom stereocenters. The van der Waals surface area contributed by atoms with E-state index in [9.17, 15) is 39.6 Å². The summed E-state index contributed by atoms with van der Waals surface area (Å²) in [6.07, 6.45) is -14.3. The molecule has 0 unspecified atom stereocenters. The molecule has 0 N–H and O–H groups in total. The summed E-state index contributed by atoms with van der Waals surface area (Å²) in [4.78, 5) is 15.4. The Kier molecular flexibility index (Phi) is 8.38. The number of nitrogens with zero attached hydrogens (tertiary/aromatic N) is 2. The summed E-state index contributed by atoms with van der Waals surface area (Å²) >= 11 is 0. The van der Waals surface area contributed by atoms with E-state index in [4.69, 9.17) is 4.74 Å². The molecule has 1 amide bonds. The number of likely N-dealkylation sites (tertiary alicyclic amines) is 2. The molecule has 7 nitrogen and oxygen atoms in total. The van der Waals surface area contributed by atoms with Crippen molar-refractivity contribution >= 4 is 15.9 Å². The number of rotatable bonds is 5. The SMILES string of the molecule is Cc1ccc(CN2CCCC23CCN(C(=O)OC(C(F)(F)F)C(F)(F)F)CC3)c(OC2CCS(=O)(=O)CC2)c1. The highest BCUT2D eigenvalue weighted by molar-refractivity contribution is 7.91. The van der Waals surface area contributed by atoms with Crippen LogP contribution in [0.5, 0.6) is 5.75 Å². The molecule has 1 aromatic rings. The van der Waals surface area contributed by atoms with Crippen molar-refractivity contribution in [3.8, 4) is 5.75 Å². The van der Waals surface area contributed by atoms with E-state index in [1.807, 2.05) is 25.1 Å². The van der Waals surface area contributed by atoms with Crippen molar-refractivity contribution in [1.82, 2.24) is 9.80 Å². The van der Waals surface area contributed by atoms with Crippen molar-refractivity contribution in [2.24, 2.45) is 0 Å². The fraction of sp³-hybridized carbons (Fsp3) is 0.720. The molecule has 14 heteroatoms. The molecule has 3 fully saturated rings. The standard InChI is InChI=1S/C25H32F6N2O5S/c1-17-3-4-18(20(15-17)37-19-5-13-39(35,36)14-6-19)16-33-10-2-7-23(33)8-11-32(12-9-23)22(34)38-21(24(26,27)28)25(29,30)31/h3-4,15,19,21H,2,5-14,16H2,1H3. The predicted octanol–water partition coefficient (Wildman–Crippen LogP) is 5.01. The normalized spacial score (nSPS) is 22.4. The topological polar surface area (TPSA) is 76.2 Å². The van der Waals surface area contributed by atoms with Gasteiger partial charge in [0, 0.05) is 30.7 Å². The number of carbonyl (C=O) groups is 1. The Labute approximate surface area is 223 Å². The van der Waals surface area contributed by atoms with Crippen LogP contribution < -0.4 is 4.74 Å². The maximum atomic E-state index is 12.8. The zero-order valence-corrected chi connectivity index (χ0v) is 22.3. The summed E-state index contributed by atoms with van der Waals surface area (Å²) in [5.41, 5.74) is 1.54. The lowest BCUT2D eigenvalue weighted by atomic mass is 9.85. The van der Waals surface area contributed by atoms with Gasteiger partial charge in [-0.25, -0.2) is 13.2 Å². The molecule has 3 aliphatic heterocycles. The second kappa shape index (κ2) is 11.0. The lowest BCUT2D eigenvalue weighted by Crippen LogP contribution is -2.54. The fourth-order valence-corrected chi connectivity index (χ4v) is 7.13. The molecule has 1 spiro atoms. The van der Waals surface area contributed by atoms with Crippen molar-refractivity contribution in [1.29, 1.82) is 0 Å². The van der Waals surface area contributed by atoms with Crippen molar-refractivity contribution < 1.29 is 49.0 Å². The summed E-state index contributed by atoms with van der Waals surface area (Å²) in [5, 5.41) is 0. The van der Waals surface area contributed by atoms with Crippen LogP contribution in [0.15, 0.2) is 18.2 Å². The number of halogens is 6. The summed E-state index contributed by atoms with van der Waals surface area (Å²) in [7, 11) is -3.03. The fourth-order valence-electron chi connectivity index (χ4n) is 5.68. The van der Waals surface area contributed by atoms with Gasteiger partial charge in [0.2, 0.25) is 0 Å². The van der Waals surface area contributed by atoms with Crippen LogP contribution in [0, 0.1) is 6.92 Å². The first kappa shape index (κ1) is 29.8. The van der Waals surface area contributed by atoms with Crippen molar-refractivity contribution in [2.45, 2.75) is 82.1 Å². The number of carbonyl (C=O) groups excluding carboxylic acids is 1. The quantitative estimate of drug-likeness (QED) is 0.452. The molecule has 3 heterocycles. The van der Waals surface area contributed by atoms with Crippen LogP contribution >= 0.6 is 0 Å². The molecular weight excluding hydrogens is 554 g/mol. The van der Waals surface area contributed by atoms with E-state index >= 15 is 0 Å². The molecular formula is C25H32F6N2O5S. The van der Waals surface area contributed by atoms with E-state index in [2.05, 4.69) is 9.64 Å². The van der Waals surface area contributed by atoms with Crippen LogP contribution in [-0.2, 0) is 21.1 Å². The Bertz CT molecular complexity index is 1120. The largest absolute Gasteiger partial charge is 0.490 e. The third-order valence-electron chi connectivity index (χ3n) is 7.89. The number of ether oxygens (including phenoxy) is 2. The third-order valence-corrected chi connectivity index (χ3v) is 9.60. The first-order chi connectivity index (χ1) is 18.1. The maximum absolute atomic E-state index is 12.8. The molecule has 39 heavy (non-hydrogen) atoms. The van der Waals surface area contributed by atoms with Crippen molar-refractivity contribution in [3.63, 3.8) is 0 Å². The van der Waals surface area contributed by atoms with E-state index in [1.54, 1.807) is 0 Å². The summed E-state index contributed by atoms with van der Waals surface area (Å²) in [6.45, 7) is 3.13. The van der Waals surface area contributed by atoms with Gasteiger partial charge in [-0.1, -0.05) is 12.1 Å². The zero-order valence-electron chi connectivity index (χ0n) is 21.5. The molecule has 3 saturated heterocycles. The molecule has 1 aromatic carbocycles. The number of benzene rings is 1. The van der Waals surface area contributed by atoms with Gasteiger partial charge in [0.25, 0.3) is 6.10 Å². The van der Waals surface area contributed by atoms with E-state index in [0.717, 1.165) is 35.4 Å². The van der Waals surface area contributed by atoms with E-state index in [0.29, 0.717) is 38.0 Å². The van der Waals surface area contributed by atoms with Crippen LogP contribution in [0.1, 0.15) is 49.7 Å². The van der Waals surface area contributed by atoms with Crippen LogP contribution in [-0.4, -0.2) is 85.6 Å². The summed E-state index contributed by atoms with van der Waals surface area (Å²) < 4.78 is 111. The van der Waals surface area contributed by atoms with Crippen LogP contribution in [0.2, 0.25) is 0 Å². The van der Waals surface area contributed by atoms with E-state index < -0.39 is 34.4 Å². The van der Waals surface area contributed by atoms with Crippen LogP contribution in [0.4, 0.5) is 31.1 Å². The Morgan fingerprint density at radius 1 is 1.03 bits per heavy atom. The Balaban J connectivity index is 1.41. The van der Waals surface area contributed by atoms with Gasteiger partial charge >= 0.3 is 18.4 Å². The molecule has 220 valence electrons. The molecule has 0 saturated carbocycles. The second-order valence-corrected chi connectivity index (χ2v) is 13.0. The van der Waals surface area contributed by atoms with Crippen LogP contribution in [0.25, 0.3) is 0 Å². The van der Waals surface area contributed by atoms with Crippen molar-refractivity contribution in [3.05, 3.63) is 29.3 Å². The number of hydrogen-bond acceptors (Lipinski definition) is 6. The smallest absolute Gasteiger partial charge is 0.434 e. The Morgan fingerprint density at radius 3 is 2.23 bits per heavy atom. The van der Waals surface area contributed by atoms with Gasteiger partial charge in [-0.2, -0.15) is 26.3 Å². The zero-order chi connectivity index (χ0) is 28.6. The van der Waals surface area contributed by atoms with Crippen molar-refractivity contribution in [2.75, 3.05) is 31.1 Å². The molecule has 4 rings (SSSR count). The van der Waals surface area contributed by atoms with Gasteiger partial charge in [-0.3, -0.25) is 4.90 Å². The number of piperidine rings is 1. The highest BCUT2D eigenvalue weighted by Gasteiger charge is 2.60. The lowest BCUT2D eigenvalue weighted by Gasteiger charge is -2.45. The minimum Gasteiger partial charge on any atom is -0.490 e. The Morgan fingerprint density at radius 2 is 1.64 bits per heavy atom. The van der Waals surface area contributed by atoms with E-state index in [-0.39, 0.29) is 36.2 Å². The van der Waals surface area contributed by atoms with Crippen LogP contribution in [0.3, 0.4) is 0 Å². The number of hydrogen-bond donors (Lipinski definition) is 0. The average molecular weight is 587 g/mol. The number of amides is 1. The first-order valence-corrected chi connectivity index (χ1v) is 14.7. The van der Waals surface area contributed by atoms with Gasteiger partial charge in [0.05, 0.1) is 11.5 Å². The second-order valence-electron chi connectivity index (χ2n) is 10.7. The van der Waals surface area contributed by atoms with Gasteiger partial charge in [0.1, 0.15) is 11.9 Å². The van der Waals surface area contributed by atoms with Gasteiger partial charge in [-0.15, -0.1) is 0 Å². The molecule has 0 bridgehead atoms. The third kappa shape index (κ3) is 7.11. The highest BCUT2D eigenvalue weighted by Crippen LogP contribution is 2.41. The van der Waals surface area contributed by atoms with Gasteiger partial charge in [0.15, 0.2) is 9.84 Å². The lowest BCUT2D eigenvalue weighted by molar-refractivity contribution is -0.308. The minimum absolute atomic E-state index is 0.0223. The van der Waals surface area contributed by atoms with E-state index in [1.165, 1.54) is 0 Å². The molecule has 0 aliphatic carbocycles. The van der Waals surface area contributed by atoms with Gasteiger partial charge < -0.3 is 14.4 Å². The highest BCUT2D eigenvalue weighted by atomic mass is 32.2. The molecule has 0 aromatic heterocycles. The molecule has 3 aliphatic rings. The maximum Gasteiger partial charge on any atom is 0.434 e.